The van der Waals surface area contributed by atoms with E-state index in [0.29, 0.717) is 6.42 Å². The zero-order valence-electron chi connectivity index (χ0n) is 8.51. The van der Waals surface area contributed by atoms with Gasteiger partial charge in [-0.25, -0.2) is 0 Å². The second kappa shape index (κ2) is 6.10. The molecule has 0 radical (unpaired) electrons. The molecule has 0 amide bonds. The van der Waals surface area contributed by atoms with Crippen molar-refractivity contribution in [3.05, 3.63) is 12.7 Å². The average molecular weight is 227 g/mol. The van der Waals surface area contributed by atoms with E-state index in [2.05, 4.69) is 6.58 Å². The predicted octanol–water partition coefficient (Wildman–Crippen LogP) is 0.180. The Balaban J connectivity index is 0. The van der Waals surface area contributed by atoms with E-state index < -0.39 is 16.1 Å². The van der Waals surface area contributed by atoms with Gasteiger partial charge in [-0.05, 0) is 21.0 Å². The molecule has 6 nitrogen and oxygen atoms in total. The topological polar surface area (TPSA) is 98.1 Å². The Morgan fingerprint density at radius 1 is 1.43 bits per heavy atom. The van der Waals surface area contributed by atoms with Crippen LogP contribution in [0, 0.1) is 0 Å². The molecule has 0 aliphatic rings. The van der Waals surface area contributed by atoms with Crippen LogP contribution in [0.5, 0.6) is 0 Å². The summed E-state index contributed by atoms with van der Waals surface area (Å²) in [5.41, 5.74) is -0.734. The lowest BCUT2D eigenvalue weighted by molar-refractivity contribution is -0.0623. The molecule has 0 saturated carbocycles. The first kappa shape index (κ1) is 16.0. The molecule has 0 saturated heterocycles. The third-order valence-electron chi connectivity index (χ3n) is 1.49. The van der Waals surface area contributed by atoms with E-state index in [9.17, 15) is 5.11 Å². The van der Waals surface area contributed by atoms with Crippen LogP contribution in [-0.4, -0.2) is 47.4 Å². The maximum Gasteiger partial charge on any atom is 0.394 e. The summed E-state index contributed by atoms with van der Waals surface area (Å²) in [6.45, 7) is 5.30. The minimum absolute atomic E-state index is 0.597. The fraction of sp³-hybridized carbons (Fsp3) is 0.714. The van der Waals surface area contributed by atoms with Gasteiger partial charge in [-0.1, -0.05) is 6.08 Å². The molecule has 0 aliphatic carbocycles. The van der Waals surface area contributed by atoms with E-state index in [0.717, 1.165) is 0 Å². The SMILES string of the molecule is C=CCC(C)(O)N(C)C.O=S(=O)(O)O. The molecule has 0 aromatic carbocycles. The molecule has 0 bridgehead atoms. The fourth-order valence-corrected chi connectivity index (χ4v) is 0.456. The van der Waals surface area contributed by atoms with Crippen LogP contribution in [0.1, 0.15) is 13.3 Å². The van der Waals surface area contributed by atoms with Crippen LogP contribution >= 0.6 is 0 Å². The first-order chi connectivity index (χ1) is 6.00. The summed E-state index contributed by atoms with van der Waals surface area (Å²) in [6, 6.07) is 0. The molecule has 86 valence electrons. The Morgan fingerprint density at radius 3 is 1.79 bits per heavy atom. The molecule has 1 atom stereocenters. The van der Waals surface area contributed by atoms with Gasteiger partial charge in [-0.2, -0.15) is 8.42 Å². The molecule has 3 N–H and O–H groups in total. The highest BCUT2D eigenvalue weighted by molar-refractivity contribution is 7.79. The highest BCUT2D eigenvalue weighted by Crippen LogP contribution is 2.11. The molecular formula is C7H17NO5S. The van der Waals surface area contributed by atoms with Crippen LogP contribution in [0.2, 0.25) is 0 Å². The van der Waals surface area contributed by atoms with Crippen LogP contribution in [0.3, 0.4) is 0 Å². The quantitative estimate of drug-likeness (QED) is 0.361. The summed E-state index contributed by atoms with van der Waals surface area (Å²) in [7, 11) is -0.993. The third kappa shape index (κ3) is 14.1. The Kier molecular flexibility index (Phi) is 6.96. The van der Waals surface area contributed by atoms with Crippen LogP contribution in [-0.2, 0) is 10.4 Å². The number of hydrogen-bond donors (Lipinski definition) is 3. The van der Waals surface area contributed by atoms with E-state index in [-0.39, 0.29) is 0 Å². The van der Waals surface area contributed by atoms with Gasteiger partial charge in [-0.15, -0.1) is 6.58 Å². The first-order valence-electron chi connectivity index (χ1n) is 3.71. The second-order valence-electron chi connectivity index (χ2n) is 3.05. The lowest BCUT2D eigenvalue weighted by Gasteiger charge is -2.29. The van der Waals surface area contributed by atoms with Crippen molar-refractivity contribution >= 4 is 10.4 Å². The van der Waals surface area contributed by atoms with Crippen molar-refractivity contribution in [2.45, 2.75) is 19.1 Å². The van der Waals surface area contributed by atoms with Gasteiger partial charge >= 0.3 is 10.4 Å². The largest absolute Gasteiger partial charge is 0.394 e. The van der Waals surface area contributed by atoms with Gasteiger partial charge in [0.25, 0.3) is 0 Å². The van der Waals surface area contributed by atoms with Gasteiger partial charge in [0.05, 0.1) is 0 Å². The van der Waals surface area contributed by atoms with Crippen molar-refractivity contribution in [3.8, 4) is 0 Å². The second-order valence-corrected chi connectivity index (χ2v) is 3.95. The molecule has 14 heavy (non-hydrogen) atoms. The van der Waals surface area contributed by atoms with Gasteiger partial charge < -0.3 is 5.11 Å². The Morgan fingerprint density at radius 2 is 1.71 bits per heavy atom. The molecule has 0 rings (SSSR count). The molecule has 7 heteroatoms. The highest BCUT2D eigenvalue weighted by Gasteiger charge is 2.19. The Bertz CT molecular complexity index is 249. The average Bonchev–Trinajstić information content (AvgIpc) is 1.82. The molecule has 0 aliphatic heterocycles. The molecule has 0 fully saturated rings. The summed E-state index contributed by atoms with van der Waals surface area (Å²) < 4.78 is 31.6. The highest BCUT2D eigenvalue weighted by atomic mass is 32.3. The fourth-order valence-electron chi connectivity index (χ4n) is 0.456. The lowest BCUT2D eigenvalue weighted by Crippen LogP contribution is -2.40. The van der Waals surface area contributed by atoms with E-state index >= 15 is 0 Å². The maximum absolute atomic E-state index is 9.45. The summed E-state index contributed by atoms with van der Waals surface area (Å²) >= 11 is 0. The third-order valence-corrected chi connectivity index (χ3v) is 1.49. The minimum atomic E-state index is -4.67. The van der Waals surface area contributed by atoms with Crippen LogP contribution in [0.4, 0.5) is 0 Å². The van der Waals surface area contributed by atoms with Crippen molar-refractivity contribution < 1.29 is 22.6 Å². The summed E-state index contributed by atoms with van der Waals surface area (Å²) in [6.07, 6.45) is 2.31. The van der Waals surface area contributed by atoms with E-state index in [1.54, 1.807) is 17.9 Å². The normalized spacial score (nSPS) is 15.4. The molecule has 1 unspecified atom stereocenters. The molecule has 0 heterocycles. The smallest absolute Gasteiger partial charge is 0.376 e. The van der Waals surface area contributed by atoms with Gasteiger partial charge in [0.15, 0.2) is 0 Å². The molecule has 0 aromatic rings. The summed E-state index contributed by atoms with van der Waals surface area (Å²) in [4.78, 5) is 1.76. The van der Waals surface area contributed by atoms with Crippen molar-refractivity contribution in [1.29, 1.82) is 0 Å². The van der Waals surface area contributed by atoms with Crippen LogP contribution < -0.4 is 0 Å². The summed E-state index contributed by atoms with van der Waals surface area (Å²) in [5, 5.41) is 9.45. The minimum Gasteiger partial charge on any atom is -0.376 e. The maximum atomic E-state index is 9.45. The zero-order chi connectivity index (χ0) is 12.0. The number of aliphatic hydroxyl groups is 1. The molecule has 0 spiro atoms. The predicted molar refractivity (Wildman–Crippen MR) is 53.3 cm³/mol. The van der Waals surface area contributed by atoms with Gasteiger partial charge in [0, 0.05) is 6.42 Å². The Hall–Kier alpha value is -0.470. The van der Waals surface area contributed by atoms with Crippen LogP contribution in [0.15, 0.2) is 12.7 Å². The van der Waals surface area contributed by atoms with Gasteiger partial charge in [0.1, 0.15) is 5.72 Å². The first-order valence-corrected chi connectivity index (χ1v) is 5.11. The molecular weight excluding hydrogens is 210 g/mol. The standard InChI is InChI=1S/C7H15NO.H2O4S/c1-5-6-7(2,9)8(3)4;1-5(2,3)4/h5,9H,1,6H2,2-4H3;(H2,1,2,3,4). The monoisotopic (exact) mass is 227 g/mol. The van der Waals surface area contributed by atoms with E-state index in [1.165, 1.54) is 0 Å². The lowest BCUT2D eigenvalue weighted by atomic mass is 10.1. The van der Waals surface area contributed by atoms with Gasteiger partial charge in [-0.3, -0.25) is 14.0 Å². The van der Waals surface area contributed by atoms with Crippen molar-refractivity contribution in [2.75, 3.05) is 14.1 Å². The van der Waals surface area contributed by atoms with E-state index in [4.69, 9.17) is 17.5 Å². The van der Waals surface area contributed by atoms with Gasteiger partial charge in [0.2, 0.25) is 0 Å². The molecule has 0 aromatic heterocycles. The summed E-state index contributed by atoms with van der Waals surface area (Å²) in [5.74, 6) is 0. The van der Waals surface area contributed by atoms with Crippen molar-refractivity contribution in [1.82, 2.24) is 4.90 Å². The van der Waals surface area contributed by atoms with E-state index in [1.807, 2.05) is 14.1 Å². The van der Waals surface area contributed by atoms with Crippen molar-refractivity contribution in [2.24, 2.45) is 0 Å². The Labute approximate surface area is 84.4 Å². The number of rotatable bonds is 3. The number of hydrogen-bond acceptors (Lipinski definition) is 4. The number of nitrogens with zero attached hydrogens (tertiary/aromatic N) is 1. The van der Waals surface area contributed by atoms with Crippen molar-refractivity contribution in [3.63, 3.8) is 0 Å². The van der Waals surface area contributed by atoms with Crippen LogP contribution in [0.25, 0.3) is 0 Å². The zero-order valence-corrected chi connectivity index (χ0v) is 9.32.